The molecule has 1 aromatic carbocycles. The van der Waals surface area contributed by atoms with E-state index in [9.17, 15) is 4.79 Å². The van der Waals surface area contributed by atoms with Crippen molar-refractivity contribution in [3.8, 4) is 11.4 Å². The van der Waals surface area contributed by atoms with E-state index in [0.29, 0.717) is 17.7 Å². The average molecular weight is 318 g/mol. The van der Waals surface area contributed by atoms with Crippen molar-refractivity contribution in [2.24, 2.45) is 0 Å². The number of aromatic nitrogens is 3. The third kappa shape index (κ3) is 4.27. The number of hydrogen-bond donors (Lipinski definition) is 2. The summed E-state index contributed by atoms with van der Waals surface area (Å²) in [7, 11) is 0. The second kappa shape index (κ2) is 7.89. The predicted molar refractivity (Wildman–Crippen MR) is 90.1 cm³/mol. The van der Waals surface area contributed by atoms with E-state index in [0.717, 1.165) is 36.3 Å². The summed E-state index contributed by atoms with van der Waals surface area (Å²) in [5.74, 6) is 0.821. The number of aromatic amines is 1. The lowest BCUT2D eigenvalue weighted by atomic mass is 10.1. The van der Waals surface area contributed by atoms with Crippen LogP contribution in [0.3, 0.4) is 0 Å². The van der Waals surface area contributed by atoms with Gasteiger partial charge in [-0.05, 0) is 31.6 Å². The molecule has 0 spiro atoms. The van der Waals surface area contributed by atoms with Gasteiger partial charge in [0.15, 0.2) is 10.6 Å². The number of unbranched alkanes of at least 4 members (excludes halogenated alkanes) is 1. The molecule has 2 rings (SSSR count). The third-order valence-electron chi connectivity index (χ3n) is 3.45. The van der Waals surface area contributed by atoms with Crippen molar-refractivity contribution in [2.45, 2.75) is 39.7 Å². The number of hydrogen-bond acceptors (Lipinski definition) is 3. The van der Waals surface area contributed by atoms with Gasteiger partial charge in [-0.25, -0.2) is 0 Å². The van der Waals surface area contributed by atoms with Crippen LogP contribution in [0.5, 0.6) is 0 Å². The minimum absolute atomic E-state index is 0.0479. The van der Waals surface area contributed by atoms with Gasteiger partial charge < -0.3 is 5.32 Å². The zero-order valence-corrected chi connectivity index (χ0v) is 13.9. The van der Waals surface area contributed by atoms with Crippen molar-refractivity contribution in [1.29, 1.82) is 0 Å². The molecule has 0 radical (unpaired) electrons. The molecule has 6 heteroatoms. The average Bonchev–Trinajstić information content (AvgIpc) is 2.86. The van der Waals surface area contributed by atoms with Crippen molar-refractivity contribution < 1.29 is 4.79 Å². The Bertz CT molecular complexity index is 689. The first-order valence-corrected chi connectivity index (χ1v) is 8.01. The second-order valence-corrected chi connectivity index (χ2v) is 5.71. The predicted octanol–water partition coefficient (Wildman–Crippen LogP) is 3.22. The highest BCUT2D eigenvalue weighted by atomic mass is 32.1. The quantitative estimate of drug-likeness (QED) is 0.608. The molecule has 0 fully saturated rings. The SMILES string of the molecule is CCCCNC(=O)CCn1c(-c2cccc(C)c2)n[nH]c1=S. The molecule has 1 heterocycles. The van der Waals surface area contributed by atoms with E-state index in [1.807, 2.05) is 29.7 Å². The lowest BCUT2D eigenvalue weighted by Crippen LogP contribution is -2.25. The molecule has 118 valence electrons. The largest absolute Gasteiger partial charge is 0.356 e. The van der Waals surface area contributed by atoms with Crippen LogP contribution in [0.1, 0.15) is 31.7 Å². The van der Waals surface area contributed by atoms with Crippen LogP contribution in [-0.2, 0) is 11.3 Å². The Morgan fingerprint density at radius 1 is 1.45 bits per heavy atom. The summed E-state index contributed by atoms with van der Waals surface area (Å²) in [5, 5.41) is 10.0. The molecule has 0 atom stereocenters. The molecule has 1 aromatic heterocycles. The number of rotatable bonds is 7. The second-order valence-electron chi connectivity index (χ2n) is 5.33. The van der Waals surface area contributed by atoms with Gasteiger partial charge in [-0.3, -0.25) is 14.5 Å². The summed E-state index contributed by atoms with van der Waals surface area (Å²) in [6.07, 6.45) is 2.48. The molecular formula is C16H22N4OS. The molecule has 0 aliphatic carbocycles. The van der Waals surface area contributed by atoms with Crippen LogP contribution in [-0.4, -0.2) is 27.2 Å². The fourth-order valence-electron chi connectivity index (χ4n) is 2.24. The van der Waals surface area contributed by atoms with Crippen LogP contribution in [0, 0.1) is 11.7 Å². The van der Waals surface area contributed by atoms with Crippen LogP contribution in [0.2, 0.25) is 0 Å². The summed E-state index contributed by atoms with van der Waals surface area (Å²) in [5.41, 5.74) is 2.16. The van der Waals surface area contributed by atoms with E-state index in [4.69, 9.17) is 12.2 Å². The first-order chi connectivity index (χ1) is 10.6. The maximum Gasteiger partial charge on any atom is 0.221 e. The molecule has 2 aromatic rings. The maximum atomic E-state index is 11.8. The molecule has 1 amide bonds. The van der Waals surface area contributed by atoms with Gasteiger partial charge in [-0.15, -0.1) is 0 Å². The van der Waals surface area contributed by atoms with Crippen molar-refractivity contribution in [1.82, 2.24) is 20.1 Å². The molecule has 5 nitrogen and oxygen atoms in total. The van der Waals surface area contributed by atoms with E-state index in [-0.39, 0.29) is 5.91 Å². The number of amides is 1. The Morgan fingerprint density at radius 2 is 2.27 bits per heavy atom. The minimum atomic E-state index is 0.0479. The van der Waals surface area contributed by atoms with E-state index >= 15 is 0 Å². The van der Waals surface area contributed by atoms with Crippen molar-refractivity contribution in [3.05, 3.63) is 34.6 Å². The van der Waals surface area contributed by atoms with Crippen molar-refractivity contribution >= 4 is 18.1 Å². The lowest BCUT2D eigenvalue weighted by molar-refractivity contribution is -0.121. The first kappa shape index (κ1) is 16.4. The summed E-state index contributed by atoms with van der Waals surface area (Å²) in [6.45, 7) is 5.40. The summed E-state index contributed by atoms with van der Waals surface area (Å²) in [4.78, 5) is 11.8. The monoisotopic (exact) mass is 318 g/mol. The molecule has 0 saturated carbocycles. The fourth-order valence-corrected chi connectivity index (χ4v) is 2.46. The van der Waals surface area contributed by atoms with Gasteiger partial charge in [0.25, 0.3) is 0 Å². The maximum absolute atomic E-state index is 11.8. The Balaban J connectivity index is 2.07. The van der Waals surface area contributed by atoms with Gasteiger partial charge >= 0.3 is 0 Å². The molecule has 0 aliphatic rings. The highest BCUT2D eigenvalue weighted by Gasteiger charge is 2.10. The number of nitrogens with one attached hydrogen (secondary N) is 2. The van der Waals surface area contributed by atoms with Gasteiger partial charge in [0.1, 0.15) is 0 Å². The van der Waals surface area contributed by atoms with E-state index in [1.165, 1.54) is 0 Å². The molecule has 2 N–H and O–H groups in total. The first-order valence-electron chi connectivity index (χ1n) is 7.60. The topological polar surface area (TPSA) is 62.7 Å². The van der Waals surface area contributed by atoms with Crippen LogP contribution < -0.4 is 5.32 Å². The molecule has 0 unspecified atom stereocenters. The summed E-state index contributed by atoms with van der Waals surface area (Å²) in [6, 6.07) is 8.08. The standard InChI is InChI=1S/C16H22N4OS/c1-3-4-9-17-14(21)8-10-20-15(18-19-16(20)22)13-7-5-6-12(2)11-13/h5-7,11H,3-4,8-10H2,1-2H3,(H,17,21)(H,19,22). The number of carbonyl (C=O) groups excluding carboxylic acids is 1. The molecule has 0 bridgehead atoms. The number of aryl methyl sites for hydroxylation is 1. The lowest BCUT2D eigenvalue weighted by Gasteiger charge is -2.08. The summed E-state index contributed by atoms with van der Waals surface area (Å²) >= 11 is 5.28. The van der Waals surface area contributed by atoms with E-state index < -0.39 is 0 Å². The highest BCUT2D eigenvalue weighted by Crippen LogP contribution is 2.18. The molecule has 0 aliphatic heterocycles. The fraction of sp³-hybridized carbons (Fsp3) is 0.438. The van der Waals surface area contributed by atoms with Crippen molar-refractivity contribution in [3.63, 3.8) is 0 Å². The van der Waals surface area contributed by atoms with Crippen molar-refractivity contribution in [2.75, 3.05) is 6.54 Å². The Morgan fingerprint density at radius 3 is 3.00 bits per heavy atom. The third-order valence-corrected chi connectivity index (χ3v) is 3.76. The van der Waals surface area contributed by atoms with Crippen LogP contribution in [0.4, 0.5) is 0 Å². The minimum Gasteiger partial charge on any atom is -0.356 e. The van der Waals surface area contributed by atoms with Gasteiger partial charge in [0.05, 0.1) is 0 Å². The van der Waals surface area contributed by atoms with Gasteiger partial charge in [-0.1, -0.05) is 37.1 Å². The number of carbonyl (C=O) groups is 1. The number of benzene rings is 1. The van der Waals surface area contributed by atoms with Crippen LogP contribution >= 0.6 is 12.2 Å². The number of nitrogens with zero attached hydrogens (tertiary/aromatic N) is 2. The van der Waals surface area contributed by atoms with Gasteiger partial charge in [0, 0.05) is 25.1 Å². The molecule has 0 saturated heterocycles. The number of H-pyrrole nitrogens is 1. The Labute approximate surface area is 135 Å². The highest BCUT2D eigenvalue weighted by molar-refractivity contribution is 7.71. The Hall–Kier alpha value is -1.95. The van der Waals surface area contributed by atoms with Crippen LogP contribution in [0.15, 0.2) is 24.3 Å². The molecule has 22 heavy (non-hydrogen) atoms. The van der Waals surface area contributed by atoms with E-state index in [2.05, 4.69) is 28.5 Å². The zero-order valence-electron chi connectivity index (χ0n) is 13.1. The molecular weight excluding hydrogens is 296 g/mol. The van der Waals surface area contributed by atoms with Gasteiger partial charge in [0.2, 0.25) is 5.91 Å². The zero-order chi connectivity index (χ0) is 15.9. The van der Waals surface area contributed by atoms with Gasteiger partial charge in [-0.2, -0.15) is 5.10 Å². The van der Waals surface area contributed by atoms with E-state index in [1.54, 1.807) is 0 Å². The Kier molecular flexibility index (Phi) is 5.89. The van der Waals surface area contributed by atoms with Crippen LogP contribution in [0.25, 0.3) is 11.4 Å². The smallest absolute Gasteiger partial charge is 0.221 e. The summed E-state index contributed by atoms with van der Waals surface area (Å²) < 4.78 is 2.42. The normalized spacial score (nSPS) is 10.6.